The van der Waals surface area contributed by atoms with Crippen molar-refractivity contribution in [1.29, 1.82) is 0 Å². The zero-order chi connectivity index (χ0) is 16.4. The van der Waals surface area contributed by atoms with E-state index in [1.54, 1.807) is 16.7 Å². The van der Waals surface area contributed by atoms with Crippen LogP contribution < -0.4 is 5.32 Å². The summed E-state index contributed by atoms with van der Waals surface area (Å²) in [6.07, 6.45) is 3.28. The normalized spacial score (nSPS) is 16.7. The zero-order valence-electron chi connectivity index (χ0n) is 13.0. The molecule has 1 atom stereocenters. The van der Waals surface area contributed by atoms with Crippen LogP contribution >= 0.6 is 22.7 Å². The maximum absolute atomic E-state index is 12.5. The third-order valence-electron chi connectivity index (χ3n) is 3.97. The van der Waals surface area contributed by atoms with Gasteiger partial charge in [-0.15, -0.1) is 22.7 Å². The number of ether oxygens (including phenoxy) is 1. The molecule has 0 saturated heterocycles. The van der Waals surface area contributed by atoms with Crippen LogP contribution in [0.5, 0.6) is 0 Å². The third kappa shape index (κ3) is 3.61. The number of rotatable bonds is 4. The molecule has 7 heteroatoms. The summed E-state index contributed by atoms with van der Waals surface area (Å²) in [6, 6.07) is 0. The van der Waals surface area contributed by atoms with Crippen LogP contribution in [0.15, 0.2) is 10.8 Å². The van der Waals surface area contributed by atoms with E-state index in [4.69, 9.17) is 0 Å². The van der Waals surface area contributed by atoms with E-state index in [0.717, 1.165) is 24.8 Å². The molecule has 122 valence electrons. The first-order chi connectivity index (χ1) is 11.1. The Hall–Kier alpha value is -1.73. The van der Waals surface area contributed by atoms with E-state index in [2.05, 4.69) is 22.0 Å². The molecular formula is C16H18N2O3S2. The summed E-state index contributed by atoms with van der Waals surface area (Å²) < 4.78 is 4.61. The second-order valence-electron chi connectivity index (χ2n) is 5.75. The molecule has 2 aromatic rings. The van der Waals surface area contributed by atoms with Gasteiger partial charge >= 0.3 is 5.97 Å². The molecule has 0 radical (unpaired) electrons. The molecule has 0 saturated carbocycles. The summed E-state index contributed by atoms with van der Waals surface area (Å²) in [5, 5.41) is 7.06. The first kappa shape index (κ1) is 16.1. The van der Waals surface area contributed by atoms with Crippen molar-refractivity contribution < 1.29 is 14.3 Å². The summed E-state index contributed by atoms with van der Waals surface area (Å²) >= 11 is 2.99. The predicted octanol–water partition coefficient (Wildman–Crippen LogP) is 3.30. The lowest BCUT2D eigenvalue weighted by Crippen LogP contribution is -2.16. The molecule has 1 aliphatic rings. The van der Waals surface area contributed by atoms with Crippen molar-refractivity contribution in [2.24, 2.45) is 5.92 Å². The molecule has 5 nitrogen and oxygen atoms in total. The molecule has 1 unspecified atom stereocenters. The Bertz CT molecular complexity index is 736. The first-order valence-corrected chi connectivity index (χ1v) is 9.24. The Labute approximate surface area is 142 Å². The van der Waals surface area contributed by atoms with Crippen molar-refractivity contribution in [3.63, 3.8) is 0 Å². The van der Waals surface area contributed by atoms with Gasteiger partial charge in [-0.3, -0.25) is 14.9 Å². The number of amides is 1. The number of thiazole rings is 1. The monoisotopic (exact) mass is 350 g/mol. The van der Waals surface area contributed by atoms with Crippen LogP contribution in [-0.2, 0) is 28.8 Å². The number of methoxy groups -OCH3 is 1. The number of carbonyl (C=O) groups is 2. The quantitative estimate of drug-likeness (QED) is 0.859. The Balaban J connectivity index is 1.69. The van der Waals surface area contributed by atoms with Crippen molar-refractivity contribution in [2.45, 2.75) is 32.6 Å². The highest BCUT2D eigenvalue weighted by atomic mass is 32.1. The van der Waals surface area contributed by atoms with Gasteiger partial charge in [0.05, 0.1) is 24.8 Å². The molecule has 3 rings (SSSR count). The van der Waals surface area contributed by atoms with Gasteiger partial charge in [-0.05, 0) is 30.7 Å². The highest BCUT2D eigenvalue weighted by Gasteiger charge is 2.23. The van der Waals surface area contributed by atoms with Crippen LogP contribution in [-0.4, -0.2) is 24.0 Å². The van der Waals surface area contributed by atoms with E-state index in [9.17, 15) is 9.59 Å². The topological polar surface area (TPSA) is 68.3 Å². The molecule has 2 aromatic heterocycles. The minimum absolute atomic E-state index is 0.115. The number of hydrogen-bond acceptors (Lipinski definition) is 6. The summed E-state index contributed by atoms with van der Waals surface area (Å²) in [6.45, 7) is 2.25. The van der Waals surface area contributed by atoms with Gasteiger partial charge in [-0.25, -0.2) is 4.98 Å². The summed E-state index contributed by atoms with van der Waals surface area (Å²) in [4.78, 5) is 29.3. The van der Waals surface area contributed by atoms with Crippen LogP contribution in [0.1, 0.15) is 39.8 Å². The minimum Gasteiger partial charge on any atom is -0.469 e. The lowest BCUT2D eigenvalue weighted by molar-refractivity contribution is -0.139. The van der Waals surface area contributed by atoms with Crippen LogP contribution in [0.4, 0.5) is 5.13 Å². The number of nitrogens with zero attached hydrogens (tertiary/aromatic N) is 1. The smallest absolute Gasteiger partial charge is 0.311 e. The molecule has 1 aliphatic carbocycles. The summed E-state index contributed by atoms with van der Waals surface area (Å²) in [5.41, 5.74) is 2.57. The molecule has 0 aromatic carbocycles. The van der Waals surface area contributed by atoms with Crippen LogP contribution in [0.2, 0.25) is 0 Å². The number of aromatic nitrogens is 1. The number of carbonyl (C=O) groups excluding carboxylic acids is 2. The van der Waals surface area contributed by atoms with Gasteiger partial charge in [0.2, 0.25) is 0 Å². The maximum atomic E-state index is 12.5. The fraction of sp³-hybridized carbons (Fsp3) is 0.438. The second kappa shape index (κ2) is 6.80. The standard InChI is InChI=1S/C16H18N2O3S2/c1-9-3-4-11-12(8-22-13(11)5-9)15(20)18-16-17-10(7-23-16)6-14(19)21-2/h7-9H,3-6H2,1-2H3,(H,17,18,20). The van der Waals surface area contributed by atoms with Gasteiger partial charge in [0.1, 0.15) is 0 Å². The molecule has 2 heterocycles. The average Bonchev–Trinajstić information content (AvgIpc) is 3.13. The number of esters is 1. The van der Waals surface area contributed by atoms with Gasteiger partial charge < -0.3 is 4.74 Å². The SMILES string of the molecule is COC(=O)Cc1csc(NC(=O)c2csc3c2CCC(C)C3)n1. The third-order valence-corrected chi connectivity index (χ3v) is 5.83. The van der Waals surface area contributed by atoms with Crippen LogP contribution in [0.3, 0.4) is 0 Å². The van der Waals surface area contributed by atoms with Crippen molar-refractivity contribution in [2.75, 3.05) is 12.4 Å². The zero-order valence-corrected chi connectivity index (χ0v) is 14.7. The van der Waals surface area contributed by atoms with Crippen molar-refractivity contribution in [1.82, 2.24) is 4.98 Å². The van der Waals surface area contributed by atoms with E-state index in [1.807, 2.05) is 5.38 Å². The molecular weight excluding hydrogens is 332 g/mol. The predicted molar refractivity (Wildman–Crippen MR) is 91.3 cm³/mol. The molecule has 0 bridgehead atoms. The molecule has 23 heavy (non-hydrogen) atoms. The highest BCUT2D eigenvalue weighted by molar-refractivity contribution is 7.14. The molecule has 0 fully saturated rings. The Kier molecular flexibility index (Phi) is 4.77. The van der Waals surface area contributed by atoms with Gasteiger partial charge in [0.15, 0.2) is 5.13 Å². The minimum atomic E-state index is -0.339. The van der Waals surface area contributed by atoms with Gasteiger partial charge in [0, 0.05) is 15.6 Å². The largest absolute Gasteiger partial charge is 0.469 e. The molecule has 0 spiro atoms. The number of nitrogens with one attached hydrogen (secondary N) is 1. The Morgan fingerprint density at radius 1 is 1.39 bits per heavy atom. The van der Waals surface area contributed by atoms with Gasteiger partial charge in [-0.1, -0.05) is 6.92 Å². The number of thiophene rings is 1. The van der Waals surface area contributed by atoms with Gasteiger partial charge in [-0.2, -0.15) is 0 Å². The lowest BCUT2D eigenvalue weighted by atomic mass is 9.88. The van der Waals surface area contributed by atoms with Crippen LogP contribution in [0, 0.1) is 5.92 Å². The number of fused-ring (bicyclic) bond motifs is 1. The van der Waals surface area contributed by atoms with Crippen molar-refractivity contribution in [3.05, 3.63) is 32.5 Å². The summed E-state index contributed by atoms with van der Waals surface area (Å²) in [5.74, 6) is 0.238. The Morgan fingerprint density at radius 3 is 3.00 bits per heavy atom. The highest BCUT2D eigenvalue weighted by Crippen LogP contribution is 2.33. The van der Waals surface area contributed by atoms with E-state index < -0.39 is 0 Å². The van der Waals surface area contributed by atoms with Crippen molar-refractivity contribution in [3.8, 4) is 0 Å². The number of anilines is 1. The van der Waals surface area contributed by atoms with E-state index in [1.165, 1.54) is 28.9 Å². The first-order valence-electron chi connectivity index (χ1n) is 7.48. The molecule has 1 N–H and O–H groups in total. The Morgan fingerprint density at radius 2 is 2.22 bits per heavy atom. The lowest BCUT2D eigenvalue weighted by Gasteiger charge is -2.18. The van der Waals surface area contributed by atoms with Crippen molar-refractivity contribution >= 4 is 39.7 Å². The van der Waals surface area contributed by atoms with E-state index in [-0.39, 0.29) is 18.3 Å². The van der Waals surface area contributed by atoms with Crippen LogP contribution in [0.25, 0.3) is 0 Å². The average molecular weight is 350 g/mol. The number of hydrogen-bond donors (Lipinski definition) is 1. The van der Waals surface area contributed by atoms with E-state index >= 15 is 0 Å². The van der Waals surface area contributed by atoms with E-state index in [0.29, 0.717) is 16.7 Å². The van der Waals surface area contributed by atoms with Gasteiger partial charge in [0.25, 0.3) is 5.91 Å². The fourth-order valence-electron chi connectivity index (χ4n) is 2.70. The molecule has 1 amide bonds. The summed E-state index contributed by atoms with van der Waals surface area (Å²) in [7, 11) is 1.35. The second-order valence-corrected chi connectivity index (χ2v) is 7.57. The molecule has 0 aliphatic heterocycles. The fourth-order valence-corrected chi connectivity index (χ4v) is 4.65. The maximum Gasteiger partial charge on any atom is 0.311 e.